The molecule has 1 heterocycles. The second-order valence-corrected chi connectivity index (χ2v) is 6.10. The van der Waals surface area contributed by atoms with Crippen LogP contribution in [0.1, 0.15) is 10.4 Å². The van der Waals surface area contributed by atoms with Crippen LogP contribution in [0.4, 0.5) is 21.9 Å². The summed E-state index contributed by atoms with van der Waals surface area (Å²) >= 11 is 0. The van der Waals surface area contributed by atoms with E-state index < -0.39 is 4.92 Å². The maximum Gasteiger partial charge on any atom is 0.319 e. The number of carbonyl (C=O) groups is 2. The van der Waals surface area contributed by atoms with Gasteiger partial charge in [0.15, 0.2) is 0 Å². The van der Waals surface area contributed by atoms with Crippen LogP contribution in [0.15, 0.2) is 73.6 Å². The van der Waals surface area contributed by atoms with Gasteiger partial charge in [0, 0.05) is 36.2 Å². The molecule has 0 fully saturated rings. The Morgan fingerprint density at radius 1 is 1.07 bits per heavy atom. The molecular formula is C20H18N6O4. The molecule has 0 atom stereocenters. The molecule has 3 rings (SSSR count). The molecule has 3 N–H and O–H groups in total. The highest BCUT2D eigenvalue weighted by atomic mass is 16.6. The Balaban J connectivity index is 1.62. The number of nitro groups is 1. The average molecular weight is 406 g/mol. The Morgan fingerprint density at radius 2 is 1.70 bits per heavy atom. The SMILES string of the molecule is C=CCNC(=O)Nc1ccc(NC(=O)c2cnn(-c3ccc([N+](=O)[O-])cc3)c2)cc1. The number of hydrogen-bond acceptors (Lipinski definition) is 5. The first kappa shape index (κ1) is 20.3. The summed E-state index contributed by atoms with van der Waals surface area (Å²) in [6, 6.07) is 12.1. The summed E-state index contributed by atoms with van der Waals surface area (Å²) in [4.78, 5) is 34.3. The number of aromatic nitrogens is 2. The zero-order valence-corrected chi connectivity index (χ0v) is 15.7. The molecule has 30 heavy (non-hydrogen) atoms. The maximum atomic E-state index is 12.4. The van der Waals surface area contributed by atoms with E-state index in [2.05, 4.69) is 27.6 Å². The maximum absolute atomic E-state index is 12.4. The first-order chi connectivity index (χ1) is 14.5. The predicted molar refractivity (Wildman–Crippen MR) is 112 cm³/mol. The lowest BCUT2D eigenvalue weighted by atomic mass is 10.2. The Morgan fingerprint density at radius 3 is 2.30 bits per heavy atom. The van der Waals surface area contributed by atoms with Crippen LogP contribution in [-0.4, -0.2) is 33.2 Å². The molecule has 0 unspecified atom stereocenters. The van der Waals surface area contributed by atoms with Crippen LogP contribution in [-0.2, 0) is 0 Å². The zero-order valence-electron chi connectivity index (χ0n) is 15.7. The van der Waals surface area contributed by atoms with Crippen molar-refractivity contribution in [2.75, 3.05) is 17.2 Å². The van der Waals surface area contributed by atoms with E-state index in [1.54, 1.807) is 42.5 Å². The van der Waals surface area contributed by atoms with Crippen LogP contribution in [0.3, 0.4) is 0 Å². The van der Waals surface area contributed by atoms with Crippen molar-refractivity contribution < 1.29 is 14.5 Å². The number of non-ortho nitro benzene ring substituents is 1. The highest BCUT2D eigenvalue weighted by molar-refractivity contribution is 6.04. The van der Waals surface area contributed by atoms with Crippen molar-refractivity contribution in [2.45, 2.75) is 0 Å². The summed E-state index contributed by atoms with van der Waals surface area (Å²) < 4.78 is 1.45. The van der Waals surface area contributed by atoms with Crippen LogP contribution in [0.25, 0.3) is 5.69 Å². The molecule has 10 heteroatoms. The number of amides is 3. The minimum atomic E-state index is -0.486. The van der Waals surface area contributed by atoms with Crippen molar-refractivity contribution in [1.29, 1.82) is 0 Å². The van der Waals surface area contributed by atoms with Gasteiger partial charge < -0.3 is 16.0 Å². The molecule has 0 aliphatic carbocycles. The molecule has 3 amide bonds. The highest BCUT2D eigenvalue weighted by Gasteiger charge is 2.11. The van der Waals surface area contributed by atoms with E-state index in [0.29, 0.717) is 29.2 Å². The minimum absolute atomic E-state index is 0.0278. The van der Waals surface area contributed by atoms with Gasteiger partial charge in [-0.05, 0) is 36.4 Å². The molecule has 152 valence electrons. The van der Waals surface area contributed by atoms with Crippen molar-refractivity contribution in [3.05, 3.63) is 89.3 Å². The van der Waals surface area contributed by atoms with E-state index in [-0.39, 0.29) is 17.6 Å². The lowest BCUT2D eigenvalue weighted by Gasteiger charge is -2.08. The van der Waals surface area contributed by atoms with Crippen LogP contribution in [0.2, 0.25) is 0 Å². The van der Waals surface area contributed by atoms with E-state index in [1.165, 1.54) is 29.2 Å². The van der Waals surface area contributed by atoms with Gasteiger partial charge in [0.05, 0.1) is 22.4 Å². The van der Waals surface area contributed by atoms with Gasteiger partial charge in [-0.1, -0.05) is 6.08 Å². The third kappa shape index (κ3) is 5.07. The molecule has 10 nitrogen and oxygen atoms in total. The predicted octanol–water partition coefficient (Wildman–Crippen LogP) is 3.34. The van der Waals surface area contributed by atoms with Gasteiger partial charge in [-0.15, -0.1) is 6.58 Å². The molecule has 0 spiro atoms. The van der Waals surface area contributed by atoms with E-state index >= 15 is 0 Å². The summed E-state index contributed by atoms with van der Waals surface area (Å²) in [5.74, 6) is -0.368. The van der Waals surface area contributed by atoms with Crippen LogP contribution < -0.4 is 16.0 Å². The first-order valence-electron chi connectivity index (χ1n) is 8.83. The fraction of sp³-hybridized carbons (Fsp3) is 0.0500. The normalized spacial score (nSPS) is 10.1. The fourth-order valence-electron chi connectivity index (χ4n) is 2.49. The summed E-state index contributed by atoms with van der Waals surface area (Å²) in [6.45, 7) is 3.87. The van der Waals surface area contributed by atoms with E-state index in [1.807, 2.05) is 0 Å². The molecule has 3 aromatic rings. The molecule has 0 saturated heterocycles. The molecule has 2 aromatic carbocycles. The molecule has 0 bridgehead atoms. The molecule has 0 aliphatic rings. The highest BCUT2D eigenvalue weighted by Crippen LogP contribution is 2.17. The number of hydrogen-bond donors (Lipinski definition) is 3. The number of anilines is 2. The van der Waals surface area contributed by atoms with Gasteiger partial charge in [-0.2, -0.15) is 5.10 Å². The minimum Gasteiger partial charge on any atom is -0.334 e. The quantitative estimate of drug-likeness (QED) is 0.315. The Hall–Kier alpha value is -4.47. The number of benzene rings is 2. The number of nitro benzene ring substituents is 1. The third-order valence-electron chi connectivity index (χ3n) is 3.98. The summed E-state index contributed by atoms with van der Waals surface area (Å²) in [6.07, 6.45) is 4.49. The van der Waals surface area contributed by atoms with Crippen LogP contribution >= 0.6 is 0 Å². The van der Waals surface area contributed by atoms with Gasteiger partial charge in [0.1, 0.15) is 0 Å². The average Bonchev–Trinajstić information content (AvgIpc) is 3.24. The molecule has 0 aliphatic heterocycles. The second-order valence-electron chi connectivity index (χ2n) is 6.10. The number of nitrogens with zero attached hydrogens (tertiary/aromatic N) is 3. The van der Waals surface area contributed by atoms with Crippen molar-refractivity contribution in [2.24, 2.45) is 0 Å². The lowest BCUT2D eigenvalue weighted by molar-refractivity contribution is -0.384. The summed E-state index contributed by atoms with van der Waals surface area (Å²) in [7, 11) is 0. The van der Waals surface area contributed by atoms with Gasteiger partial charge in [0.25, 0.3) is 11.6 Å². The fourth-order valence-corrected chi connectivity index (χ4v) is 2.49. The second kappa shape index (κ2) is 9.15. The molecule has 1 aromatic heterocycles. The number of urea groups is 1. The number of carbonyl (C=O) groups excluding carboxylic acids is 2. The molecule has 0 radical (unpaired) electrons. The van der Waals surface area contributed by atoms with Gasteiger partial charge in [-0.25, -0.2) is 9.48 Å². The van der Waals surface area contributed by atoms with Crippen LogP contribution in [0, 0.1) is 10.1 Å². The van der Waals surface area contributed by atoms with E-state index in [9.17, 15) is 19.7 Å². The van der Waals surface area contributed by atoms with Gasteiger partial charge in [-0.3, -0.25) is 14.9 Å². The lowest BCUT2D eigenvalue weighted by Crippen LogP contribution is -2.28. The molecule has 0 saturated carbocycles. The smallest absolute Gasteiger partial charge is 0.319 e. The Kier molecular flexibility index (Phi) is 6.18. The number of rotatable bonds is 7. The summed E-state index contributed by atoms with van der Waals surface area (Å²) in [5.41, 5.74) is 1.99. The first-order valence-corrected chi connectivity index (χ1v) is 8.83. The van der Waals surface area contributed by atoms with E-state index in [4.69, 9.17) is 0 Å². The van der Waals surface area contributed by atoms with Crippen LogP contribution in [0.5, 0.6) is 0 Å². The number of nitrogens with one attached hydrogen (secondary N) is 3. The molecular weight excluding hydrogens is 388 g/mol. The Labute approximate surface area is 171 Å². The van der Waals surface area contributed by atoms with Crippen molar-refractivity contribution in [3.8, 4) is 5.69 Å². The van der Waals surface area contributed by atoms with Gasteiger partial charge in [0.2, 0.25) is 0 Å². The third-order valence-corrected chi connectivity index (χ3v) is 3.98. The summed E-state index contributed by atoms with van der Waals surface area (Å²) in [5, 5.41) is 22.8. The van der Waals surface area contributed by atoms with Crippen molar-refractivity contribution in [1.82, 2.24) is 15.1 Å². The Bertz CT molecular complexity index is 1070. The van der Waals surface area contributed by atoms with Gasteiger partial charge >= 0.3 is 6.03 Å². The standard InChI is InChI=1S/C20H18N6O4/c1-2-11-21-20(28)24-16-5-3-15(4-6-16)23-19(27)14-12-22-25(13-14)17-7-9-18(10-8-17)26(29)30/h2-10,12-13H,1,11H2,(H,23,27)(H2,21,24,28). The monoisotopic (exact) mass is 406 g/mol. The van der Waals surface area contributed by atoms with E-state index in [0.717, 1.165) is 0 Å². The topological polar surface area (TPSA) is 131 Å². The zero-order chi connectivity index (χ0) is 21.5. The largest absolute Gasteiger partial charge is 0.334 e. The van der Waals surface area contributed by atoms with Crippen molar-refractivity contribution in [3.63, 3.8) is 0 Å². The van der Waals surface area contributed by atoms with Crippen molar-refractivity contribution >= 4 is 29.0 Å².